The first-order chi connectivity index (χ1) is 8.78. The molecule has 0 atom stereocenters. The van der Waals surface area contributed by atoms with E-state index in [-0.39, 0.29) is 0 Å². The molecule has 0 bridgehead atoms. The smallest absolute Gasteiger partial charge is 0.127 e. The minimum absolute atomic E-state index is 0.591. The van der Waals surface area contributed by atoms with Crippen LogP contribution in [0.3, 0.4) is 0 Å². The van der Waals surface area contributed by atoms with Gasteiger partial charge in [-0.05, 0) is 30.5 Å². The third-order valence-electron chi connectivity index (χ3n) is 2.97. The van der Waals surface area contributed by atoms with Crippen LogP contribution in [-0.2, 0) is 6.54 Å². The fraction of sp³-hybridized carbons (Fsp3) is 0.154. The van der Waals surface area contributed by atoms with Crippen molar-refractivity contribution in [1.29, 1.82) is 5.26 Å². The van der Waals surface area contributed by atoms with Gasteiger partial charge in [-0.3, -0.25) is 0 Å². The van der Waals surface area contributed by atoms with Crippen LogP contribution in [0.1, 0.15) is 17.0 Å². The normalized spacial score (nSPS) is 10.7. The van der Waals surface area contributed by atoms with Gasteiger partial charge in [0, 0.05) is 11.7 Å². The van der Waals surface area contributed by atoms with E-state index in [1.807, 2.05) is 42.0 Å². The topological polar surface area (TPSA) is 67.6 Å². The molecule has 0 radical (unpaired) electrons. The van der Waals surface area contributed by atoms with Crippen molar-refractivity contribution < 1.29 is 4.63 Å². The highest BCUT2D eigenvalue weighted by molar-refractivity contribution is 5.81. The van der Waals surface area contributed by atoms with E-state index in [0.717, 1.165) is 22.3 Å². The van der Waals surface area contributed by atoms with E-state index in [0.29, 0.717) is 12.1 Å². The van der Waals surface area contributed by atoms with Gasteiger partial charge in [0.1, 0.15) is 11.4 Å². The molecule has 0 aliphatic rings. The summed E-state index contributed by atoms with van der Waals surface area (Å²) in [4.78, 5) is 0. The van der Waals surface area contributed by atoms with E-state index >= 15 is 0 Å². The predicted octanol–water partition coefficient (Wildman–Crippen LogP) is 2.25. The zero-order valence-electron chi connectivity index (χ0n) is 9.79. The Labute approximate surface area is 103 Å². The molecule has 18 heavy (non-hydrogen) atoms. The van der Waals surface area contributed by atoms with Crippen LogP contribution in [-0.4, -0.2) is 14.9 Å². The molecule has 88 valence electrons. The van der Waals surface area contributed by atoms with Crippen molar-refractivity contribution in [3.63, 3.8) is 0 Å². The number of nitrogens with zero attached hydrogens (tertiary/aromatic N) is 4. The highest BCUT2D eigenvalue weighted by Gasteiger charge is 2.08. The maximum absolute atomic E-state index is 8.93. The Bertz CT molecular complexity index is 748. The van der Waals surface area contributed by atoms with Gasteiger partial charge in [0.2, 0.25) is 0 Å². The summed E-state index contributed by atoms with van der Waals surface area (Å²) in [7, 11) is 0. The molecule has 2 aromatic heterocycles. The molecular formula is C13H10N4O. The second kappa shape index (κ2) is 4.00. The van der Waals surface area contributed by atoms with E-state index in [2.05, 4.69) is 21.0 Å². The van der Waals surface area contributed by atoms with Crippen molar-refractivity contribution in [2.45, 2.75) is 13.5 Å². The molecule has 1 aromatic carbocycles. The molecule has 0 N–H and O–H groups in total. The lowest BCUT2D eigenvalue weighted by molar-refractivity contribution is 0.300. The molecule has 0 aliphatic carbocycles. The highest BCUT2D eigenvalue weighted by atomic mass is 16.6. The van der Waals surface area contributed by atoms with Crippen LogP contribution >= 0.6 is 0 Å². The molecule has 0 saturated heterocycles. The van der Waals surface area contributed by atoms with Gasteiger partial charge in [-0.25, -0.2) is 4.63 Å². The number of benzene rings is 1. The first kappa shape index (κ1) is 10.5. The number of fused-ring (bicyclic) bond motifs is 1. The fourth-order valence-corrected chi connectivity index (χ4v) is 1.95. The number of aryl methyl sites for hydroxylation is 1. The summed E-state index contributed by atoms with van der Waals surface area (Å²) in [5.41, 5.74) is 3.25. The summed E-state index contributed by atoms with van der Waals surface area (Å²) in [5, 5.41) is 17.7. The fourth-order valence-electron chi connectivity index (χ4n) is 1.95. The predicted molar refractivity (Wildman–Crippen MR) is 64.8 cm³/mol. The Balaban J connectivity index is 2.07. The van der Waals surface area contributed by atoms with Crippen LogP contribution in [0.15, 0.2) is 35.1 Å². The molecule has 5 heteroatoms. The highest BCUT2D eigenvalue weighted by Crippen LogP contribution is 2.18. The van der Waals surface area contributed by atoms with Crippen molar-refractivity contribution in [2.24, 2.45) is 0 Å². The van der Waals surface area contributed by atoms with Gasteiger partial charge in [-0.1, -0.05) is 16.4 Å². The first-order valence-electron chi connectivity index (χ1n) is 5.55. The number of hydrogen-bond acceptors (Lipinski definition) is 4. The Hall–Kier alpha value is -2.61. The van der Waals surface area contributed by atoms with Crippen LogP contribution in [0, 0.1) is 18.3 Å². The molecule has 2 heterocycles. The monoisotopic (exact) mass is 238 g/mol. The van der Waals surface area contributed by atoms with E-state index in [1.165, 1.54) is 0 Å². The van der Waals surface area contributed by atoms with Gasteiger partial charge in [-0.15, -0.1) is 0 Å². The summed E-state index contributed by atoms with van der Waals surface area (Å²) in [6.07, 6.45) is 1.97. The molecule has 0 spiro atoms. The molecule has 0 unspecified atom stereocenters. The molecule has 0 amide bonds. The van der Waals surface area contributed by atoms with Gasteiger partial charge >= 0.3 is 0 Å². The lowest BCUT2D eigenvalue weighted by atomic mass is 10.2. The lowest BCUT2D eigenvalue weighted by Crippen LogP contribution is -2.00. The van der Waals surface area contributed by atoms with Gasteiger partial charge in [0.15, 0.2) is 0 Å². The minimum atomic E-state index is 0.591. The van der Waals surface area contributed by atoms with Crippen molar-refractivity contribution in [3.05, 3.63) is 47.4 Å². The SMILES string of the molecule is Cc1nonc1Cn1ccc2ccc(C#N)cc21. The van der Waals surface area contributed by atoms with Crippen LogP contribution in [0.5, 0.6) is 0 Å². The zero-order valence-corrected chi connectivity index (χ0v) is 9.79. The third kappa shape index (κ3) is 1.64. The number of nitriles is 1. The van der Waals surface area contributed by atoms with Gasteiger partial charge in [0.25, 0.3) is 0 Å². The van der Waals surface area contributed by atoms with E-state index in [1.54, 1.807) is 0 Å². The number of hydrogen-bond donors (Lipinski definition) is 0. The van der Waals surface area contributed by atoms with Crippen molar-refractivity contribution in [2.75, 3.05) is 0 Å². The molecular weight excluding hydrogens is 228 g/mol. The second-order valence-corrected chi connectivity index (χ2v) is 4.13. The number of aromatic nitrogens is 3. The maximum atomic E-state index is 8.93. The van der Waals surface area contributed by atoms with E-state index in [4.69, 9.17) is 5.26 Å². The lowest BCUT2D eigenvalue weighted by Gasteiger charge is -2.02. The summed E-state index contributed by atoms with van der Waals surface area (Å²) in [6.45, 7) is 2.45. The third-order valence-corrected chi connectivity index (χ3v) is 2.97. The van der Waals surface area contributed by atoms with Gasteiger partial charge < -0.3 is 4.57 Å². The summed E-state index contributed by atoms with van der Waals surface area (Å²) < 4.78 is 6.72. The standard InChI is InChI=1S/C13H10N4O/c1-9-12(16-18-15-9)8-17-5-4-11-3-2-10(7-14)6-13(11)17/h2-6H,8H2,1H3. The van der Waals surface area contributed by atoms with Crippen molar-refractivity contribution in [3.8, 4) is 6.07 Å². The molecule has 0 aliphatic heterocycles. The van der Waals surface area contributed by atoms with Crippen molar-refractivity contribution >= 4 is 10.9 Å². The van der Waals surface area contributed by atoms with Gasteiger partial charge in [0.05, 0.1) is 18.2 Å². The molecule has 0 fully saturated rings. The maximum Gasteiger partial charge on any atom is 0.127 e. The summed E-state index contributed by atoms with van der Waals surface area (Å²) >= 11 is 0. The Morgan fingerprint density at radius 2 is 2.22 bits per heavy atom. The average Bonchev–Trinajstić information content (AvgIpc) is 2.97. The molecule has 5 nitrogen and oxygen atoms in total. The zero-order chi connectivity index (χ0) is 12.5. The molecule has 0 saturated carbocycles. The van der Waals surface area contributed by atoms with Crippen molar-refractivity contribution in [1.82, 2.24) is 14.9 Å². The van der Waals surface area contributed by atoms with Crippen LogP contribution < -0.4 is 0 Å². The van der Waals surface area contributed by atoms with E-state index < -0.39 is 0 Å². The largest absolute Gasteiger partial charge is 0.341 e. The van der Waals surface area contributed by atoms with Gasteiger partial charge in [-0.2, -0.15) is 5.26 Å². The van der Waals surface area contributed by atoms with E-state index in [9.17, 15) is 0 Å². The summed E-state index contributed by atoms with van der Waals surface area (Å²) in [5.74, 6) is 0. The minimum Gasteiger partial charge on any atom is -0.341 e. The van der Waals surface area contributed by atoms with Crippen LogP contribution in [0.2, 0.25) is 0 Å². The molecule has 3 aromatic rings. The number of rotatable bonds is 2. The Kier molecular flexibility index (Phi) is 2.34. The Morgan fingerprint density at radius 3 is 2.94 bits per heavy atom. The second-order valence-electron chi connectivity index (χ2n) is 4.13. The molecule has 3 rings (SSSR count). The van der Waals surface area contributed by atoms with Crippen LogP contribution in [0.4, 0.5) is 0 Å². The quantitative estimate of drug-likeness (QED) is 0.686. The Morgan fingerprint density at radius 1 is 1.33 bits per heavy atom. The summed E-state index contributed by atoms with van der Waals surface area (Å²) in [6, 6.07) is 9.79. The van der Waals surface area contributed by atoms with Crippen LogP contribution in [0.25, 0.3) is 10.9 Å². The first-order valence-corrected chi connectivity index (χ1v) is 5.55. The average molecular weight is 238 g/mol.